The van der Waals surface area contributed by atoms with Gasteiger partial charge in [-0.15, -0.1) is 18.3 Å². The van der Waals surface area contributed by atoms with Crippen LogP contribution in [0.3, 0.4) is 0 Å². The highest BCUT2D eigenvalue weighted by Crippen LogP contribution is 2.26. The number of benzene rings is 1. The van der Waals surface area contributed by atoms with E-state index in [1.165, 1.54) is 11.8 Å². The van der Waals surface area contributed by atoms with E-state index in [0.29, 0.717) is 12.3 Å². The number of carbonyl (C=O) groups is 2. The molecule has 0 radical (unpaired) electrons. The van der Waals surface area contributed by atoms with Crippen LogP contribution in [0.5, 0.6) is 0 Å². The lowest BCUT2D eigenvalue weighted by Crippen LogP contribution is -2.29. The van der Waals surface area contributed by atoms with Crippen molar-refractivity contribution in [1.82, 2.24) is 5.32 Å². The van der Waals surface area contributed by atoms with Crippen molar-refractivity contribution in [3.05, 3.63) is 42.5 Å². The predicted octanol–water partition coefficient (Wildman–Crippen LogP) is 1.98. The van der Waals surface area contributed by atoms with Crippen molar-refractivity contribution in [3.63, 3.8) is 0 Å². The number of fused-ring (bicyclic) bond motifs is 1. The second kappa shape index (κ2) is 7.14. The summed E-state index contributed by atoms with van der Waals surface area (Å²) in [5, 5.41) is 5.46. The number of hydrogen-bond acceptors (Lipinski definition) is 3. The maximum absolute atomic E-state index is 12.1. The van der Waals surface area contributed by atoms with E-state index in [4.69, 9.17) is 0 Å². The number of rotatable bonds is 5. The zero-order valence-electron chi connectivity index (χ0n) is 11.2. The van der Waals surface area contributed by atoms with Crippen molar-refractivity contribution in [2.24, 2.45) is 0 Å². The van der Waals surface area contributed by atoms with E-state index in [-0.39, 0.29) is 17.1 Å². The third-order valence-corrected chi connectivity index (χ3v) is 4.38. The number of nitrogens with one attached hydrogen (secondary N) is 2. The summed E-state index contributed by atoms with van der Waals surface area (Å²) < 4.78 is 0. The molecule has 2 N–H and O–H groups in total. The highest BCUT2D eigenvalue weighted by atomic mass is 32.2. The molecule has 1 aliphatic rings. The fraction of sp³-hybridized carbons (Fsp3) is 0.333. The van der Waals surface area contributed by atoms with E-state index in [1.807, 2.05) is 24.3 Å². The summed E-state index contributed by atoms with van der Waals surface area (Å²) in [6, 6.07) is 7.83. The molecule has 1 heterocycles. The number of aryl methyl sites for hydroxylation is 1. The first-order valence-corrected chi connectivity index (χ1v) is 7.63. The number of thioether (sulfide) groups is 1. The van der Waals surface area contributed by atoms with Gasteiger partial charge in [0.25, 0.3) is 0 Å². The molecular formula is C15H18N2O2S. The summed E-state index contributed by atoms with van der Waals surface area (Å²) in [6.07, 6.45) is 3.24. The number of para-hydroxylation sites is 1. The van der Waals surface area contributed by atoms with Crippen LogP contribution in [0.1, 0.15) is 12.0 Å². The van der Waals surface area contributed by atoms with Crippen LogP contribution in [0.2, 0.25) is 0 Å². The van der Waals surface area contributed by atoms with E-state index < -0.39 is 0 Å². The van der Waals surface area contributed by atoms with Crippen molar-refractivity contribution in [2.75, 3.05) is 17.6 Å². The lowest BCUT2D eigenvalue weighted by atomic mass is 10.1. The van der Waals surface area contributed by atoms with Crippen molar-refractivity contribution in [1.29, 1.82) is 0 Å². The van der Waals surface area contributed by atoms with Gasteiger partial charge in [-0.05, 0) is 24.5 Å². The van der Waals surface area contributed by atoms with Crippen LogP contribution < -0.4 is 10.6 Å². The Bertz CT molecular complexity index is 516. The van der Waals surface area contributed by atoms with Gasteiger partial charge in [-0.1, -0.05) is 24.3 Å². The van der Waals surface area contributed by atoms with Gasteiger partial charge in [0.1, 0.15) is 0 Å². The van der Waals surface area contributed by atoms with Crippen molar-refractivity contribution >= 4 is 29.3 Å². The van der Waals surface area contributed by atoms with Crippen LogP contribution in [0, 0.1) is 0 Å². The summed E-state index contributed by atoms with van der Waals surface area (Å²) in [5.74, 6) is 0.211. The Morgan fingerprint density at radius 2 is 2.30 bits per heavy atom. The average molecular weight is 290 g/mol. The fourth-order valence-corrected chi connectivity index (χ4v) is 3.01. The molecule has 2 amide bonds. The lowest BCUT2D eigenvalue weighted by molar-refractivity contribution is -0.118. The lowest BCUT2D eigenvalue weighted by Gasteiger charge is -2.12. The Hall–Kier alpha value is -1.75. The van der Waals surface area contributed by atoms with Crippen molar-refractivity contribution in [3.8, 4) is 0 Å². The molecule has 4 nitrogen and oxygen atoms in total. The number of anilines is 1. The van der Waals surface area contributed by atoms with Gasteiger partial charge in [-0.2, -0.15) is 0 Å². The first-order chi connectivity index (χ1) is 9.70. The molecule has 0 aliphatic carbocycles. The van der Waals surface area contributed by atoms with E-state index in [0.717, 1.165) is 24.1 Å². The Morgan fingerprint density at radius 3 is 3.10 bits per heavy atom. The van der Waals surface area contributed by atoms with Crippen LogP contribution in [0.15, 0.2) is 36.9 Å². The zero-order chi connectivity index (χ0) is 14.4. The second-order valence-corrected chi connectivity index (χ2v) is 5.77. The van der Waals surface area contributed by atoms with Crippen molar-refractivity contribution < 1.29 is 9.59 Å². The summed E-state index contributed by atoms with van der Waals surface area (Å²) in [6.45, 7) is 4.00. The topological polar surface area (TPSA) is 58.2 Å². The molecule has 1 aliphatic heterocycles. The SMILES string of the molecule is C=CCNC(=O)CSC1CCc2ccccc2NC1=O. The van der Waals surface area contributed by atoms with Crippen LogP contribution in [-0.4, -0.2) is 29.4 Å². The molecule has 0 fully saturated rings. The standard InChI is InChI=1S/C15H18N2O2S/c1-2-9-16-14(18)10-20-13-8-7-11-5-3-4-6-12(11)17-15(13)19/h2-6,13H,1,7-10H2,(H,16,18)(H,17,19). The normalized spacial score (nSPS) is 17.6. The van der Waals surface area contributed by atoms with Gasteiger partial charge in [0.2, 0.25) is 11.8 Å². The summed E-state index contributed by atoms with van der Waals surface area (Å²) in [7, 11) is 0. The Labute approximate surface area is 123 Å². The second-order valence-electron chi connectivity index (χ2n) is 4.58. The van der Waals surface area contributed by atoms with Gasteiger partial charge in [-0.3, -0.25) is 9.59 Å². The predicted molar refractivity (Wildman–Crippen MR) is 82.8 cm³/mol. The highest BCUT2D eigenvalue weighted by molar-refractivity contribution is 8.01. The number of carbonyl (C=O) groups excluding carboxylic acids is 2. The Balaban J connectivity index is 1.90. The number of hydrogen-bond donors (Lipinski definition) is 2. The minimum atomic E-state index is -0.183. The smallest absolute Gasteiger partial charge is 0.237 e. The van der Waals surface area contributed by atoms with Crippen LogP contribution in [-0.2, 0) is 16.0 Å². The monoisotopic (exact) mass is 290 g/mol. The molecule has 5 heteroatoms. The zero-order valence-corrected chi connectivity index (χ0v) is 12.0. The van der Waals surface area contributed by atoms with Gasteiger partial charge in [0.15, 0.2) is 0 Å². The van der Waals surface area contributed by atoms with E-state index in [2.05, 4.69) is 17.2 Å². The fourth-order valence-electron chi connectivity index (χ4n) is 2.06. The molecule has 1 aromatic rings. The largest absolute Gasteiger partial charge is 0.352 e. The van der Waals surface area contributed by atoms with E-state index >= 15 is 0 Å². The quantitative estimate of drug-likeness (QED) is 0.815. The molecule has 1 atom stereocenters. The molecule has 0 saturated carbocycles. The summed E-state index contributed by atoms with van der Waals surface area (Å²) in [4.78, 5) is 23.7. The molecule has 0 spiro atoms. The molecule has 0 aromatic heterocycles. The number of amides is 2. The maximum Gasteiger partial charge on any atom is 0.237 e. The third-order valence-electron chi connectivity index (χ3n) is 3.10. The molecule has 0 bridgehead atoms. The summed E-state index contributed by atoms with van der Waals surface area (Å²) >= 11 is 1.39. The van der Waals surface area contributed by atoms with Crippen LogP contribution in [0.4, 0.5) is 5.69 Å². The molecule has 0 saturated heterocycles. The Morgan fingerprint density at radius 1 is 1.50 bits per heavy atom. The van der Waals surface area contributed by atoms with E-state index in [9.17, 15) is 9.59 Å². The molecule has 20 heavy (non-hydrogen) atoms. The third kappa shape index (κ3) is 3.87. The van der Waals surface area contributed by atoms with Gasteiger partial charge >= 0.3 is 0 Å². The molecule has 2 rings (SSSR count). The van der Waals surface area contributed by atoms with Gasteiger partial charge in [0, 0.05) is 12.2 Å². The minimum Gasteiger partial charge on any atom is -0.352 e. The minimum absolute atomic E-state index is 0.0172. The highest BCUT2D eigenvalue weighted by Gasteiger charge is 2.24. The molecule has 1 aromatic carbocycles. The molecule has 1 unspecified atom stereocenters. The van der Waals surface area contributed by atoms with Gasteiger partial charge < -0.3 is 10.6 Å². The van der Waals surface area contributed by atoms with Crippen LogP contribution in [0.25, 0.3) is 0 Å². The molecular weight excluding hydrogens is 272 g/mol. The van der Waals surface area contributed by atoms with Crippen LogP contribution >= 0.6 is 11.8 Å². The van der Waals surface area contributed by atoms with Crippen molar-refractivity contribution in [2.45, 2.75) is 18.1 Å². The van der Waals surface area contributed by atoms with Gasteiger partial charge in [-0.25, -0.2) is 0 Å². The molecule has 106 valence electrons. The average Bonchev–Trinajstić information content (AvgIpc) is 2.61. The summed E-state index contributed by atoms with van der Waals surface area (Å²) in [5.41, 5.74) is 2.04. The maximum atomic E-state index is 12.1. The van der Waals surface area contributed by atoms with E-state index in [1.54, 1.807) is 6.08 Å². The van der Waals surface area contributed by atoms with Gasteiger partial charge in [0.05, 0.1) is 11.0 Å². The first-order valence-electron chi connectivity index (χ1n) is 6.58. The Kier molecular flexibility index (Phi) is 5.24. The first kappa shape index (κ1) is 14.7.